The predicted molar refractivity (Wildman–Crippen MR) is 97.7 cm³/mol. The maximum absolute atomic E-state index is 12.9. The zero-order valence-corrected chi connectivity index (χ0v) is 15.8. The number of rotatable bonds is 7. The summed E-state index contributed by atoms with van der Waals surface area (Å²) in [5.41, 5.74) is 2.29. The number of fused-ring (bicyclic) bond motifs is 1. The van der Waals surface area contributed by atoms with Crippen LogP contribution >= 0.6 is 0 Å². The minimum Gasteiger partial charge on any atom is -0.471 e. The minimum atomic E-state index is -2.92. The minimum absolute atomic E-state index is 0.171. The van der Waals surface area contributed by atoms with Gasteiger partial charge in [0.05, 0.1) is 24.1 Å². The molecular weight excluding hydrogens is 370 g/mol. The van der Waals surface area contributed by atoms with Crippen molar-refractivity contribution in [2.45, 2.75) is 33.2 Å². The number of nitrogens with zero attached hydrogens (tertiary/aromatic N) is 4. The number of hydrogen-bond donors (Lipinski definition) is 0. The van der Waals surface area contributed by atoms with Gasteiger partial charge < -0.3 is 9.47 Å². The van der Waals surface area contributed by atoms with Gasteiger partial charge in [0.2, 0.25) is 5.88 Å². The second kappa shape index (κ2) is 7.87. The summed E-state index contributed by atoms with van der Waals surface area (Å²) in [6, 6.07) is 3.51. The van der Waals surface area contributed by atoms with Crippen molar-refractivity contribution in [3.63, 3.8) is 0 Å². The topological polar surface area (TPSA) is 79.1 Å². The van der Waals surface area contributed by atoms with Crippen LogP contribution in [0.5, 0.6) is 5.88 Å². The highest BCUT2D eigenvalue weighted by atomic mass is 19.3. The van der Waals surface area contributed by atoms with E-state index in [1.54, 1.807) is 43.1 Å². The number of alkyl halides is 2. The number of esters is 1. The number of aryl methyl sites for hydroxylation is 1. The molecule has 0 N–H and O–H groups in total. The predicted octanol–water partition coefficient (Wildman–Crippen LogP) is 3.39. The lowest BCUT2D eigenvalue weighted by molar-refractivity contribution is -0.0244. The molecular formula is C19H20F2N4O3. The van der Waals surface area contributed by atoms with Crippen LogP contribution in [0.2, 0.25) is 0 Å². The fourth-order valence-electron chi connectivity index (χ4n) is 2.68. The summed E-state index contributed by atoms with van der Waals surface area (Å²) in [7, 11) is 0. The summed E-state index contributed by atoms with van der Waals surface area (Å²) in [6.45, 7) is 4.17. The van der Waals surface area contributed by atoms with Gasteiger partial charge in [-0.1, -0.05) is 0 Å². The lowest BCUT2D eigenvalue weighted by atomic mass is 10.2. The summed E-state index contributed by atoms with van der Waals surface area (Å²) < 4.78 is 37.6. The standard InChI is InChI=1S/C19H20F2N4O3/c1-4-27-18(26)16-14-10-25(24-15(14)5-6-22-16)9-13-7-12(2)17(23-8-13)28-11-19(3,20)21/h5-8,10H,4,9,11H2,1-3H3. The number of pyridine rings is 2. The highest BCUT2D eigenvalue weighted by Gasteiger charge is 2.23. The van der Waals surface area contributed by atoms with E-state index in [0.717, 1.165) is 12.5 Å². The number of carbonyl (C=O) groups excluding carboxylic acids is 1. The molecule has 0 spiro atoms. The molecule has 0 unspecified atom stereocenters. The van der Waals surface area contributed by atoms with Crippen molar-refractivity contribution in [3.8, 4) is 5.88 Å². The molecule has 7 nitrogen and oxygen atoms in total. The van der Waals surface area contributed by atoms with Crippen LogP contribution in [0, 0.1) is 6.92 Å². The van der Waals surface area contributed by atoms with E-state index >= 15 is 0 Å². The number of halogens is 2. The van der Waals surface area contributed by atoms with Crippen LogP contribution in [0.25, 0.3) is 10.9 Å². The molecule has 3 aromatic heterocycles. The molecule has 0 bridgehead atoms. The molecule has 0 saturated carbocycles. The molecule has 0 amide bonds. The Morgan fingerprint density at radius 3 is 2.79 bits per heavy atom. The Kier molecular flexibility index (Phi) is 5.53. The number of aromatic nitrogens is 4. The summed E-state index contributed by atoms with van der Waals surface area (Å²) in [5.74, 6) is -3.25. The van der Waals surface area contributed by atoms with Gasteiger partial charge in [-0.25, -0.2) is 23.5 Å². The van der Waals surface area contributed by atoms with Crippen molar-refractivity contribution in [2.24, 2.45) is 0 Å². The Labute approximate surface area is 160 Å². The maximum Gasteiger partial charge on any atom is 0.357 e. The van der Waals surface area contributed by atoms with E-state index in [-0.39, 0.29) is 18.2 Å². The molecule has 0 aromatic carbocycles. The zero-order valence-electron chi connectivity index (χ0n) is 15.8. The molecule has 148 valence electrons. The van der Waals surface area contributed by atoms with E-state index < -0.39 is 18.5 Å². The van der Waals surface area contributed by atoms with Crippen LogP contribution in [0.1, 0.15) is 35.5 Å². The molecule has 0 saturated heterocycles. The fourth-order valence-corrected chi connectivity index (χ4v) is 2.68. The van der Waals surface area contributed by atoms with Crippen molar-refractivity contribution < 1.29 is 23.0 Å². The van der Waals surface area contributed by atoms with Gasteiger partial charge in [-0.05, 0) is 31.5 Å². The summed E-state index contributed by atoms with van der Waals surface area (Å²) in [6.07, 6.45) is 4.77. The van der Waals surface area contributed by atoms with Gasteiger partial charge in [-0.3, -0.25) is 4.68 Å². The van der Waals surface area contributed by atoms with Gasteiger partial charge in [-0.2, -0.15) is 5.10 Å². The second-order valence-corrected chi connectivity index (χ2v) is 6.46. The number of ether oxygens (including phenoxy) is 2. The molecule has 0 aliphatic heterocycles. The Morgan fingerprint density at radius 1 is 1.32 bits per heavy atom. The van der Waals surface area contributed by atoms with Gasteiger partial charge >= 0.3 is 5.97 Å². The second-order valence-electron chi connectivity index (χ2n) is 6.46. The molecule has 0 atom stereocenters. The molecule has 9 heteroatoms. The third-order valence-corrected chi connectivity index (χ3v) is 3.84. The monoisotopic (exact) mass is 390 g/mol. The first kappa shape index (κ1) is 19.7. The molecule has 0 aliphatic rings. The van der Waals surface area contributed by atoms with Gasteiger partial charge in [0.1, 0.15) is 0 Å². The third kappa shape index (κ3) is 4.59. The van der Waals surface area contributed by atoms with Crippen LogP contribution in [0.15, 0.2) is 30.7 Å². The fraction of sp³-hybridized carbons (Fsp3) is 0.368. The molecule has 28 heavy (non-hydrogen) atoms. The Bertz CT molecular complexity index is 998. The lowest BCUT2D eigenvalue weighted by Crippen LogP contribution is -2.21. The lowest BCUT2D eigenvalue weighted by Gasteiger charge is -2.13. The third-order valence-electron chi connectivity index (χ3n) is 3.84. The van der Waals surface area contributed by atoms with Gasteiger partial charge in [-0.15, -0.1) is 0 Å². The summed E-state index contributed by atoms with van der Waals surface area (Å²) >= 11 is 0. The first-order valence-corrected chi connectivity index (χ1v) is 8.72. The average molecular weight is 390 g/mol. The van der Waals surface area contributed by atoms with Crippen molar-refractivity contribution in [1.29, 1.82) is 0 Å². The molecule has 3 heterocycles. The van der Waals surface area contributed by atoms with Gasteiger partial charge in [0, 0.05) is 31.1 Å². The summed E-state index contributed by atoms with van der Waals surface area (Å²) in [4.78, 5) is 20.3. The smallest absolute Gasteiger partial charge is 0.357 e. The van der Waals surface area contributed by atoms with Crippen molar-refractivity contribution >= 4 is 16.9 Å². The highest BCUT2D eigenvalue weighted by molar-refractivity contribution is 6.01. The molecule has 3 rings (SSSR count). The quantitative estimate of drug-likeness (QED) is 0.576. The first-order chi connectivity index (χ1) is 13.3. The van der Waals surface area contributed by atoms with Crippen LogP contribution in [-0.4, -0.2) is 44.9 Å². The number of hydrogen-bond acceptors (Lipinski definition) is 6. The highest BCUT2D eigenvalue weighted by Crippen LogP contribution is 2.21. The Hall–Kier alpha value is -3.10. The molecule has 0 radical (unpaired) electrons. The Balaban J connectivity index is 1.80. The van der Waals surface area contributed by atoms with E-state index in [2.05, 4.69) is 15.1 Å². The van der Waals surface area contributed by atoms with E-state index in [1.807, 2.05) is 0 Å². The zero-order chi connectivity index (χ0) is 20.3. The molecule has 0 aliphatic carbocycles. The molecule has 0 fully saturated rings. The van der Waals surface area contributed by atoms with E-state index in [0.29, 0.717) is 23.0 Å². The maximum atomic E-state index is 12.9. The SMILES string of the molecule is CCOC(=O)c1nccc2nn(Cc3cnc(OCC(C)(F)F)c(C)c3)cc12. The van der Waals surface area contributed by atoms with Crippen LogP contribution in [0.4, 0.5) is 8.78 Å². The largest absolute Gasteiger partial charge is 0.471 e. The van der Waals surface area contributed by atoms with Crippen LogP contribution in [0.3, 0.4) is 0 Å². The van der Waals surface area contributed by atoms with Gasteiger partial charge in [0.15, 0.2) is 12.3 Å². The van der Waals surface area contributed by atoms with Crippen LogP contribution in [-0.2, 0) is 11.3 Å². The van der Waals surface area contributed by atoms with E-state index in [9.17, 15) is 13.6 Å². The van der Waals surface area contributed by atoms with Crippen LogP contribution < -0.4 is 4.74 Å². The average Bonchev–Trinajstić information content (AvgIpc) is 3.02. The van der Waals surface area contributed by atoms with Crippen molar-refractivity contribution in [1.82, 2.24) is 19.7 Å². The first-order valence-electron chi connectivity index (χ1n) is 8.72. The molecule has 3 aromatic rings. The number of carbonyl (C=O) groups is 1. The normalized spacial score (nSPS) is 11.6. The summed E-state index contributed by atoms with van der Waals surface area (Å²) in [5, 5.41) is 5.04. The van der Waals surface area contributed by atoms with Gasteiger partial charge in [0.25, 0.3) is 5.92 Å². The Morgan fingerprint density at radius 2 is 2.11 bits per heavy atom. The van der Waals surface area contributed by atoms with Crippen molar-refractivity contribution in [2.75, 3.05) is 13.2 Å². The van der Waals surface area contributed by atoms with Crippen molar-refractivity contribution in [3.05, 3.63) is 47.5 Å². The van der Waals surface area contributed by atoms with E-state index in [1.165, 1.54) is 6.20 Å². The van der Waals surface area contributed by atoms with E-state index in [4.69, 9.17) is 9.47 Å².